The van der Waals surface area contributed by atoms with Gasteiger partial charge in [0.1, 0.15) is 0 Å². The summed E-state index contributed by atoms with van der Waals surface area (Å²) >= 11 is 0. The Bertz CT molecular complexity index is 269. The third-order valence-electron chi connectivity index (χ3n) is 2.78. The van der Waals surface area contributed by atoms with Crippen molar-refractivity contribution in [1.29, 1.82) is 0 Å². The fourth-order valence-electron chi connectivity index (χ4n) is 1.46. The minimum Gasteiger partial charge on any atom is -0.481 e. The second kappa shape index (κ2) is 10.6. The van der Waals surface area contributed by atoms with Gasteiger partial charge in [-0.25, -0.2) is 4.79 Å². The van der Waals surface area contributed by atoms with Gasteiger partial charge in [-0.2, -0.15) is 0 Å². The van der Waals surface area contributed by atoms with Crippen LogP contribution in [0.25, 0.3) is 0 Å². The molecular weight excluding hydrogens is 248 g/mol. The van der Waals surface area contributed by atoms with E-state index in [1.54, 1.807) is 0 Å². The van der Waals surface area contributed by atoms with Crippen molar-refractivity contribution < 1.29 is 19.4 Å². The summed E-state index contributed by atoms with van der Waals surface area (Å²) in [5.74, 6) is -1.47. The highest BCUT2D eigenvalue weighted by Crippen LogP contribution is 2.09. The van der Waals surface area contributed by atoms with Crippen LogP contribution in [0, 0.1) is 11.8 Å². The molecule has 0 aliphatic carbocycles. The number of carbonyl (C=O) groups is 2. The van der Waals surface area contributed by atoms with Crippen LogP contribution in [0.15, 0.2) is 0 Å². The Labute approximate surface area is 114 Å². The Morgan fingerprint density at radius 3 is 2.42 bits per heavy atom. The highest BCUT2D eigenvalue weighted by atomic mass is 16.5. The molecule has 0 radical (unpaired) electrons. The molecule has 0 aromatic carbocycles. The molecule has 19 heavy (non-hydrogen) atoms. The lowest BCUT2D eigenvalue weighted by Gasteiger charge is -2.17. The molecule has 0 aromatic rings. The summed E-state index contributed by atoms with van der Waals surface area (Å²) in [7, 11) is 0. The van der Waals surface area contributed by atoms with Gasteiger partial charge in [0, 0.05) is 19.7 Å². The summed E-state index contributed by atoms with van der Waals surface area (Å²) in [6.45, 7) is 7.46. The van der Waals surface area contributed by atoms with Gasteiger partial charge in [0.2, 0.25) is 0 Å². The van der Waals surface area contributed by atoms with Crippen molar-refractivity contribution >= 4 is 12.0 Å². The minimum absolute atomic E-state index is 0.0184. The van der Waals surface area contributed by atoms with E-state index in [1.807, 2.05) is 13.8 Å². The van der Waals surface area contributed by atoms with E-state index < -0.39 is 11.9 Å². The van der Waals surface area contributed by atoms with E-state index in [4.69, 9.17) is 9.84 Å². The lowest BCUT2D eigenvalue weighted by molar-refractivity contribution is -0.142. The van der Waals surface area contributed by atoms with E-state index >= 15 is 0 Å². The Balaban J connectivity index is 3.66. The van der Waals surface area contributed by atoms with Crippen molar-refractivity contribution in [3.05, 3.63) is 0 Å². The molecule has 0 spiro atoms. The third-order valence-corrected chi connectivity index (χ3v) is 2.78. The Kier molecular flexibility index (Phi) is 9.88. The zero-order valence-electron chi connectivity index (χ0n) is 12.1. The van der Waals surface area contributed by atoms with Gasteiger partial charge >= 0.3 is 12.0 Å². The minimum atomic E-state index is -0.891. The number of hydrogen-bond donors (Lipinski definition) is 3. The van der Waals surface area contributed by atoms with Crippen molar-refractivity contribution in [2.24, 2.45) is 11.8 Å². The van der Waals surface area contributed by atoms with Gasteiger partial charge < -0.3 is 20.5 Å². The highest BCUT2D eigenvalue weighted by molar-refractivity contribution is 5.75. The smallest absolute Gasteiger partial charge is 0.314 e. The molecule has 0 aliphatic rings. The number of amides is 2. The number of ether oxygens (including phenoxy) is 1. The van der Waals surface area contributed by atoms with Crippen LogP contribution in [0.3, 0.4) is 0 Å². The quantitative estimate of drug-likeness (QED) is 0.526. The molecule has 1 atom stereocenters. The molecule has 0 bridgehead atoms. The van der Waals surface area contributed by atoms with E-state index in [1.165, 1.54) is 0 Å². The second-order valence-electron chi connectivity index (χ2n) is 4.79. The number of carboxylic acids is 1. The molecule has 112 valence electrons. The van der Waals surface area contributed by atoms with Crippen LogP contribution in [0.4, 0.5) is 4.79 Å². The maximum Gasteiger partial charge on any atom is 0.314 e. The molecular formula is C13H26N2O4. The number of carboxylic acid groups (broad SMARTS) is 1. The number of aliphatic carboxylic acids is 1. The molecule has 1 unspecified atom stereocenters. The summed E-state index contributed by atoms with van der Waals surface area (Å²) < 4.78 is 5.29. The molecule has 3 N–H and O–H groups in total. The first-order valence-corrected chi connectivity index (χ1v) is 6.81. The fraction of sp³-hybridized carbons (Fsp3) is 0.846. The number of hydrogen-bond acceptors (Lipinski definition) is 3. The maximum absolute atomic E-state index is 11.4. The van der Waals surface area contributed by atoms with E-state index in [-0.39, 0.29) is 18.5 Å². The number of carbonyl (C=O) groups excluding carboxylic acids is 1. The van der Waals surface area contributed by atoms with Crippen molar-refractivity contribution in [2.45, 2.75) is 33.6 Å². The predicted octanol–water partition coefficient (Wildman–Crippen LogP) is 1.46. The second-order valence-corrected chi connectivity index (χ2v) is 4.79. The first-order chi connectivity index (χ1) is 8.99. The average Bonchev–Trinajstić information content (AvgIpc) is 2.33. The summed E-state index contributed by atoms with van der Waals surface area (Å²) in [5.41, 5.74) is 0. The molecule has 0 saturated heterocycles. The predicted molar refractivity (Wildman–Crippen MR) is 73.1 cm³/mol. The summed E-state index contributed by atoms with van der Waals surface area (Å²) in [4.78, 5) is 22.3. The van der Waals surface area contributed by atoms with Gasteiger partial charge in [0.05, 0.1) is 12.5 Å². The number of urea groups is 1. The summed E-state index contributed by atoms with van der Waals surface area (Å²) in [6.07, 6.45) is 2.10. The highest BCUT2D eigenvalue weighted by Gasteiger charge is 2.21. The number of rotatable bonds is 10. The van der Waals surface area contributed by atoms with Crippen LogP contribution in [0.2, 0.25) is 0 Å². The standard InChI is InChI=1S/C13H26N2O4/c1-4-5-7-19-8-6-14-13(18)15-9-11(10(2)3)12(16)17/h10-11H,4-9H2,1-3H3,(H,16,17)(H2,14,15,18). The molecule has 0 aromatic heterocycles. The van der Waals surface area contributed by atoms with E-state index in [9.17, 15) is 9.59 Å². The fourth-order valence-corrected chi connectivity index (χ4v) is 1.46. The first-order valence-electron chi connectivity index (χ1n) is 6.81. The monoisotopic (exact) mass is 274 g/mol. The summed E-state index contributed by atoms with van der Waals surface area (Å²) in [5, 5.41) is 14.1. The molecule has 2 amide bonds. The molecule has 6 heteroatoms. The molecule has 0 heterocycles. The lowest BCUT2D eigenvalue weighted by atomic mass is 9.96. The van der Waals surface area contributed by atoms with Gasteiger partial charge in [-0.05, 0) is 12.3 Å². The lowest BCUT2D eigenvalue weighted by Crippen LogP contribution is -2.42. The largest absolute Gasteiger partial charge is 0.481 e. The van der Waals surface area contributed by atoms with Gasteiger partial charge in [-0.15, -0.1) is 0 Å². The van der Waals surface area contributed by atoms with Crippen molar-refractivity contribution in [1.82, 2.24) is 10.6 Å². The van der Waals surface area contributed by atoms with Gasteiger partial charge in [0.25, 0.3) is 0 Å². The third kappa shape index (κ3) is 9.30. The van der Waals surface area contributed by atoms with Gasteiger partial charge in [0.15, 0.2) is 0 Å². The Hall–Kier alpha value is -1.30. The zero-order chi connectivity index (χ0) is 14.7. The number of unbranched alkanes of at least 4 members (excludes halogenated alkanes) is 1. The van der Waals surface area contributed by atoms with Crippen LogP contribution in [0.5, 0.6) is 0 Å². The van der Waals surface area contributed by atoms with E-state index in [0.29, 0.717) is 19.8 Å². The molecule has 0 fully saturated rings. The normalized spacial score (nSPS) is 12.2. The maximum atomic E-state index is 11.4. The molecule has 0 saturated carbocycles. The molecule has 0 rings (SSSR count). The summed E-state index contributed by atoms with van der Waals surface area (Å²) in [6, 6.07) is -0.356. The van der Waals surface area contributed by atoms with Gasteiger partial charge in [-0.1, -0.05) is 27.2 Å². The zero-order valence-corrected chi connectivity index (χ0v) is 12.1. The van der Waals surface area contributed by atoms with Crippen LogP contribution in [-0.2, 0) is 9.53 Å². The average molecular weight is 274 g/mol. The topological polar surface area (TPSA) is 87.7 Å². The van der Waals surface area contributed by atoms with E-state index in [2.05, 4.69) is 17.6 Å². The Morgan fingerprint density at radius 2 is 1.89 bits per heavy atom. The molecule has 0 aliphatic heterocycles. The van der Waals surface area contributed by atoms with Crippen LogP contribution in [-0.4, -0.2) is 43.4 Å². The van der Waals surface area contributed by atoms with Gasteiger partial charge in [-0.3, -0.25) is 4.79 Å². The Morgan fingerprint density at radius 1 is 1.21 bits per heavy atom. The number of nitrogens with one attached hydrogen (secondary N) is 2. The first kappa shape index (κ1) is 17.7. The molecule has 6 nitrogen and oxygen atoms in total. The van der Waals surface area contributed by atoms with Crippen molar-refractivity contribution in [3.63, 3.8) is 0 Å². The van der Waals surface area contributed by atoms with Crippen molar-refractivity contribution in [2.75, 3.05) is 26.3 Å². The SMILES string of the molecule is CCCCOCCNC(=O)NCC(C(=O)O)C(C)C. The van der Waals surface area contributed by atoms with Crippen LogP contribution in [0.1, 0.15) is 33.6 Å². The van der Waals surface area contributed by atoms with Crippen LogP contribution >= 0.6 is 0 Å². The van der Waals surface area contributed by atoms with Crippen molar-refractivity contribution in [3.8, 4) is 0 Å². The van der Waals surface area contributed by atoms with E-state index in [0.717, 1.165) is 12.8 Å². The van der Waals surface area contributed by atoms with Crippen LogP contribution < -0.4 is 10.6 Å².